The standard InChI is InChI=1S/C12H14BrIO/c13-10-5-11(14)7-12(6-10)15-8-9-3-1-2-4-9/h5-7,9H,1-4,8H2. The van der Waals surface area contributed by atoms with Crippen molar-refractivity contribution >= 4 is 38.5 Å². The molecule has 82 valence electrons. The van der Waals surface area contributed by atoms with Gasteiger partial charge >= 0.3 is 0 Å². The number of hydrogen-bond donors (Lipinski definition) is 0. The van der Waals surface area contributed by atoms with E-state index in [4.69, 9.17) is 4.74 Å². The van der Waals surface area contributed by atoms with Gasteiger partial charge in [-0.3, -0.25) is 0 Å². The molecule has 1 aliphatic rings. The zero-order valence-corrected chi connectivity index (χ0v) is 12.3. The minimum atomic E-state index is 0.779. The number of hydrogen-bond acceptors (Lipinski definition) is 1. The summed E-state index contributed by atoms with van der Waals surface area (Å²) in [7, 11) is 0. The zero-order valence-electron chi connectivity index (χ0n) is 8.51. The molecule has 0 radical (unpaired) electrons. The van der Waals surface area contributed by atoms with Crippen LogP contribution in [0.1, 0.15) is 25.7 Å². The first-order chi connectivity index (χ1) is 7.24. The molecule has 1 saturated carbocycles. The van der Waals surface area contributed by atoms with Crippen LogP contribution in [-0.2, 0) is 0 Å². The Balaban J connectivity index is 1.92. The second-order valence-corrected chi connectivity index (χ2v) is 6.23. The van der Waals surface area contributed by atoms with Crippen LogP contribution in [0.3, 0.4) is 0 Å². The van der Waals surface area contributed by atoms with Gasteiger partial charge in [-0.15, -0.1) is 0 Å². The number of benzene rings is 1. The van der Waals surface area contributed by atoms with Crippen molar-refractivity contribution in [3.63, 3.8) is 0 Å². The van der Waals surface area contributed by atoms with Gasteiger partial charge in [0.15, 0.2) is 0 Å². The van der Waals surface area contributed by atoms with Gasteiger partial charge in [-0.2, -0.15) is 0 Å². The molecule has 0 amide bonds. The Morgan fingerprint density at radius 3 is 2.67 bits per heavy atom. The van der Waals surface area contributed by atoms with Gasteiger partial charge in [0.2, 0.25) is 0 Å². The van der Waals surface area contributed by atoms with Crippen molar-refractivity contribution in [3.8, 4) is 5.75 Å². The Hall–Kier alpha value is 0.230. The van der Waals surface area contributed by atoms with Crippen LogP contribution in [0.25, 0.3) is 0 Å². The van der Waals surface area contributed by atoms with Gasteiger partial charge < -0.3 is 4.74 Å². The third-order valence-corrected chi connectivity index (χ3v) is 3.88. The molecule has 1 fully saturated rings. The van der Waals surface area contributed by atoms with Crippen molar-refractivity contribution in [1.29, 1.82) is 0 Å². The molecule has 0 spiro atoms. The Kier molecular flexibility index (Phi) is 4.31. The average molecular weight is 381 g/mol. The topological polar surface area (TPSA) is 9.23 Å². The fraction of sp³-hybridized carbons (Fsp3) is 0.500. The van der Waals surface area contributed by atoms with Crippen molar-refractivity contribution in [3.05, 3.63) is 26.2 Å². The van der Waals surface area contributed by atoms with Crippen molar-refractivity contribution in [2.75, 3.05) is 6.61 Å². The summed E-state index contributed by atoms with van der Waals surface area (Å²) in [5, 5.41) is 0. The molecule has 15 heavy (non-hydrogen) atoms. The molecule has 0 unspecified atom stereocenters. The Morgan fingerprint density at radius 1 is 1.27 bits per heavy atom. The van der Waals surface area contributed by atoms with Crippen LogP contribution in [0, 0.1) is 9.49 Å². The predicted octanol–water partition coefficient (Wildman–Crippen LogP) is 4.62. The van der Waals surface area contributed by atoms with E-state index >= 15 is 0 Å². The molecule has 2 rings (SSSR count). The van der Waals surface area contributed by atoms with E-state index in [1.54, 1.807) is 0 Å². The van der Waals surface area contributed by atoms with E-state index in [9.17, 15) is 0 Å². The number of ether oxygens (including phenoxy) is 1. The summed E-state index contributed by atoms with van der Waals surface area (Å²) < 4.78 is 8.12. The third kappa shape index (κ3) is 3.63. The maximum Gasteiger partial charge on any atom is 0.121 e. The fourth-order valence-corrected chi connectivity index (χ4v) is 3.55. The van der Waals surface area contributed by atoms with E-state index < -0.39 is 0 Å². The second-order valence-electron chi connectivity index (χ2n) is 4.07. The monoisotopic (exact) mass is 380 g/mol. The van der Waals surface area contributed by atoms with Gasteiger partial charge in [-0.05, 0) is 59.5 Å². The normalized spacial score (nSPS) is 16.9. The maximum atomic E-state index is 5.82. The minimum Gasteiger partial charge on any atom is -0.493 e. The van der Waals surface area contributed by atoms with Crippen LogP contribution < -0.4 is 4.74 Å². The Morgan fingerprint density at radius 2 is 2.00 bits per heavy atom. The average Bonchev–Trinajstić information content (AvgIpc) is 2.65. The van der Waals surface area contributed by atoms with Gasteiger partial charge in [0.25, 0.3) is 0 Å². The summed E-state index contributed by atoms with van der Waals surface area (Å²) in [6, 6.07) is 6.21. The van der Waals surface area contributed by atoms with Gasteiger partial charge in [0.05, 0.1) is 6.61 Å². The number of rotatable bonds is 3. The summed E-state index contributed by atoms with van der Waals surface area (Å²) in [5.74, 6) is 1.77. The first-order valence-electron chi connectivity index (χ1n) is 5.33. The highest BCUT2D eigenvalue weighted by Gasteiger charge is 2.15. The van der Waals surface area contributed by atoms with Crippen LogP contribution in [-0.4, -0.2) is 6.61 Å². The van der Waals surface area contributed by atoms with E-state index in [0.717, 1.165) is 22.7 Å². The molecule has 0 N–H and O–H groups in total. The van der Waals surface area contributed by atoms with Crippen molar-refractivity contribution < 1.29 is 4.74 Å². The zero-order chi connectivity index (χ0) is 10.7. The molecule has 0 atom stereocenters. The minimum absolute atomic E-state index is 0.779. The molecule has 1 aromatic carbocycles. The number of halogens is 2. The van der Waals surface area contributed by atoms with E-state index in [1.165, 1.54) is 29.3 Å². The van der Waals surface area contributed by atoms with Gasteiger partial charge in [0.1, 0.15) is 5.75 Å². The largest absolute Gasteiger partial charge is 0.493 e. The molecular weight excluding hydrogens is 367 g/mol. The highest BCUT2D eigenvalue weighted by molar-refractivity contribution is 14.1. The van der Waals surface area contributed by atoms with Crippen LogP contribution in [0.5, 0.6) is 5.75 Å². The SMILES string of the molecule is Brc1cc(I)cc(OCC2CCCC2)c1. The Labute approximate surface area is 113 Å². The van der Waals surface area contributed by atoms with Gasteiger partial charge in [0, 0.05) is 8.04 Å². The third-order valence-electron chi connectivity index (χ3n) is 2.80. The first kappa shape index (κ1) is 11.7. The van der Waals surface area contributed by atoms with Crippen molar-refractivity contribution in [2.45, 2.75) is 25.7 Å². The van der Waals surface area contributed by atoms with E-state index in [-0.39, 0.29) is 0 Å². The first-order valence-corrected chi connectivity index (χ1v) is 7.20. The quantitative estimate of drug-likeness (QED) is 0.695. The lowest BCUT2D eigenvalue weighted by Gasteiger charge is -2.11. The summed E-state index contributed by atoms with van der Waals surface area (Å²) in [6.45, 7) is 0.881. The molecule has 0 heterocycles. The molecule has 0 saturated heterocycles. The second kappa shape index (κ2) is 5.53. The maximum absolute atomic E-state index is 5.82. The fourth-order valence-electron chi connectivity index (χ4n) is 2.00. The molecule has 1 aliphatic carbocycles. The van der Waals surface area contributed by atoms with Crippen LogP contribution in [0.4, 0.5) is 0 Å². The lowest BCUT2D eigenvalue weighted by molar-refractivity contribution is 0.252. The van der Waals surface area contributed by atoms with Crippen LogP contribution in [0.2, 0.25) is 0 Å². The van der Waals surface area contributed by atoms with E-state index in [0.29, 0.717) is 0 Å². The molecule has 1 nitrogen and oxygen atoms in total. The predicted molar refractivity (Wildman–Crippen MR) is 74.3 cm³/mol. The van der Waals surface area contributed by atoms with Crippen molar-refractivity contribution in [1.82, 2.24) is 0 Å². The smallest absolute Gasteiger partial charge is 0.121 e. The molecule has 0 aromatic heterocycles. The van der Waals surface area contributed by atoms with Crippen molar-refractivity contribution in [2.24, 2.45) is 5.92 Å². The van der Waals surface area contributed by atoms with Crippen LogP contribution in [0.15, 0.2) is 22.7 Å². The molecule has 0 aliphatic heterocycles. The summed E-state index contributed by atoms with van der Waals surface area (Å²) in [5.41, 5.74) is 0. The highest BCUT2D eigenvalue weighted by Crippen LogP contribution is 2.27. The summed E-state index contributed by atoms with van der Waals surface area (Å²) in [6.07, 6.45) is 5.43. The summed E-state index contributed by atoms with van der Waals surface area (Å²) >= 11 is 5.79. The van der Waals surface area contributed by atoms with Gasteiger partial charge in [-0.1, -0.05) is 28.8 Å². The molecular formula is C12H14BrIO. The van der Waals surface area contributed by atoms with E-state index in [1.807, 2.05) is 6.07 Å². The lowest BCUT2D eigenvalue weighted by atomic mass is 10.1. The van der Waals surface area contributed by atoms with Crippen LogP contribution >= 0.6 is 38.5 Å². The lowest BCUT2D eigenvalue weighted by Crippen LogP contribution is -2.07. The molecule has 3 heteroatoms. The Bertz CT molecular complexity index is 314. The van der Waals surface area contributed by atoms with E-state index in [2.05, 4.69) is 50.7 Å². The highest BCUT2D eigenvalue weighted by atomic mass is 127. The summed E-state index contributed by atoms with van der Waals surface area (Å²) in [4.78, 5) is 0. The van der Waals surface area contributed by atoms with Gasteiger partial charge in [-0.25, -0.2) is 0 Å². The molecule has 0 bridgehead atoms. The molecule has 1 aromatic rings.